The minimum atomic E-state index is 0. The number of rotatable bonds is 6. The number of guanidine groups is 1. The van der Waals surface area contributed by atoms with Gasteiger partial charge in [-0.15, -0.1) is 24.0 Å². The van der Waals surface area contributed by atoms with E-state index in [2.05, 4.69) is 54.6 Å². The first-order chi connectivity index (χ1) is 13.2. The van der Waals surface area contributed by atoms with Crippen LogP contribution >= 0.6 is 24.0 Å². The molecule has 9 heteroatoms. The highest BCUT2D eigenvalue weighted by Gasteiger charge is 2.16. The molecule has 8 nitrogen and oxygen atoms in total. The van der Waals surface area contributed by atoms with Crippen LogP contribution in [0.1, 0.15) is 18.2 Å². The lowest BCUT2D eigenvalue weighted by atomic mass is 10.2. The molecule has 0 spiro atoms. The van der Waals surface area contributed by atoms with Gasteiger partial charge in [0.15, 0.2) is 5.96 Å². The zero-order valence-electron chi connectivity index (χ0n) is 16.9. The van der Waals surface area contributed by atoms with Crippen molar-refractivity contribution in [2.75, 3.05) is 44.7 Å². The molecule has 0 radical (unpaired) electrons. The topological polar surface area (TPSA) is 73.6 Å². The van der Waals surface area contributed by atoms with Crippen LogP contribution in [0, 0.1) is 0 Å². The smallest absolute Gasteiger partial charge is 0.191 e. The molecule has 2 aromatic heterocycles. The molecular weight excluding hydrogens is 467 g/mol. The Morgan fingerprint density at radius 1 is 1.11 bits per heavy atom. The molecule has 0 saturated carbocycles. The van der Waals surface area contributed by atoms with Gasteiger partial charge in [0, 0.05) is 59.2 Å². The molecule has 1 aliphatic rings. The zero-order valence-corrected chi connectivity index (χ0v) is 19.3. The number of nitrogens with zero attached hydrogens (tertiary/aromatic N) is 6. The first-order valence-electron chi connectivity index (χ1n) is 9.53. The first-order valence-corrected chi connectivity index (χ1v) is 9.53. The van der Waals surface area contributed by atoms with Gasteiger partial charge in [0.1, 0.15) is 5.82 Å². The Morgan fingerprint density at radius 3 is 2.43 bits per heavy atom. The third-order valence-corrected chi connectivity index (χ3v) is 5.00. The molecule has 3 rings (SSSR count). The second-order valence-electron chi connectivity index (χ2n) is 6.67. The summed E-state index contributed by atoms with van der Waals surface area (Å²) in [6.07, 6.45) is 3.74. The summed E-state index contributed by atoms with van der Waals surface area (Å²) in [7, 11) is 3.71. The summed E-state index contributed by atoms with van der Waals surface area (Å²) in [6.45, 7) is 9.02. The predicted molar refractivity (Wildman–Crippen MR) is 124 cm³/mol. The van der Waals surface area contributed by atoms with Gasteiger partial charge in [0.05, 0.1) is 12.2 Å². The summed E-state index contributed by atoms with van der Waals surface area (Å²) in [5.74, 6) is 1.82. The fourth-order valence-electron chi connectivity index (χ4n) is 3.16. The maximum Gasteiger partial charge on any atom is 0.191 e. The Labute approximate surface area is 184 Å². The average molecular weight is 498 g/mol. The highest BCUT2D eigenvalue weighted by atomic mass is 127. The van der Waals surface area contributed by atoms with Gasteiger partial charge < -0.3 is 20.4 Å². The number of hydrogen-bond donors (Lipinski definition) is 2. The maximum absolute atomic E-state index is 4.65. The van der Waals surface area contributed by atoms with Crippen LogP contribution < -0.4 is 15.5 Å². The lowest BCUT2D eigenvalue weighted by Crippen LogP contribution is -2.46. The van der Waals surface area contributed by atoms with E-state index in [0.717, 1.165) is 55.8 Å². The molecular formula is C19H31IN8. The highest BCUT2D eigenvalue weighted by Crippen LogP contribution is 2.14. The van der Waals surface area contributed by atoms with Gasteiger partial charge >= 0.3 is 0 Å². The Kier molecular flexibility index (Phi) is 8.97. The largest absolute Gasteiger partial charge is 0.354 e. The quantitative estimate of drug-likeness (QED) is 0.357. The lowest BCUT2D eigenvalue weighted by Gasteiger charge is -2.34. The molecule has 28 heavy (non-hydrogen) atoms. The van der Waals surface area contributed by atoms with Crippen molar-refractivity contribution in [1.29, 1.82) is 0 Å². The van der Waals surface area contributed by atoms with Gasteiger partial charge in [0.2, 0.25) is 0 Å². The van der Waals surface area contributed by atoms with E-state index < -0.39 is 0 Å². The number of aryl methyl sites for hydroxylation is 1. The molecule has 0 unspecified atom stereocenters. The number of likely N-dealkylation sites (N-methyl/N-ethyl adjacent to an activating group) is 1. The van der Waals surface area contributed by atoms with Gasteiger partial charge in [-0.05, 0) is 24.2 Å². The van der Waals surface area contributed by atoms with Crippen molar-refractivity contribution in [1.82, 2.24) is 30.3 Å². The number of hydrogen-bond acceptors (Lipinski definition) is 5. The number of anilines is 1. The summed E-state index contributed by atoms with van der Waals surface area (Å²) < 4.78 is 1.85. The first kappa shape index (κ1) is 22.4. The van der Waals surface area contributed by atoms with Crippen molar-refractivity contribution in [2.24, 2.45) is 12.0 Å². The van der Waals surface area contributed by atoms with Gasteiger partial charge in [-0.3, -0.25) is 9.67 Å². The number of piperazine rings is 1. The van der Waals surface area contributed by atoms with Crippen LogP contribution in [0.25, 0.3) is 0 Å². The van der Waals surface area contributed by atoms with Crippen LogP contribution in [0.2, 0.25) is 0 Å². The standard InChI is InChI=1S/C19H30N8.HI/c1-4-26-9-11-27(12-10-26)18-6-5-16(13-21-18)14-22-19(20-2)23-15-17-7-8-24-25(17)3;/h5-8,13H,4,9-12,14-15H2,1-3H3,(H2,20,22,23);1H. The van der Waals surface area contributed by atoms with Gasteiger partial charge in [-0.1, -0.05) is 13.0 Å². The third kappa shape index (κ3) is 6.06. The minimum absolute atomic E-state index is 0. The second kappa shape index (κ2) is 11.2. The van der Waals surface area contributed by atoms with Crippen molar-refractivity contribution in [3.63, 3.8) is 0 Å². The summed E-state index contributed by atoms with van der Waals surface area (Å²) in [4.78, 5) is 13.8. The van der Waals surface area contributed by atoms with Gasteiger partial charge in [0.25, 0.3) is 0 Å². The van der Waals surface area contributed by atoms with E-state index in [0.29, 0.717) is 13.1 Å². The van der Waals surface area contributed by atoms with Crippen LogP contribution in [-0.2, 0) is 20.1 Å². The number of aromatic nitrogens is 3. The van der Waals surface area contributed by atoms with Gasteiger partial charge in [-0.25, -0.2) is 4.98 Å². The van der Waals surface area contributed by atoms with Crippen LogP contribution in [0.5, 0.6) is 0 Å². The summed E-state index contributed by atoms with van der Waals surface area (Å²) >= 11 is 0. The Morgan fingerprint density at radius 2 is 1.86 bits per heavy atom. The fourth-order valence-corrected chi connectivity index (χ4v) is 3.16. The molecule has 2 N–H and O–H groups in total. The molecule has 1 saturated heterocycles. The molecule has 0 amide bonds. The predicted octanol–water partition coefficient (Wildman–Crippen LogP) is 1.44. The summed E-state index contributed by atoms with van der Waals surface area (Å²) in [5.41, 5.74) is 2.24. The van der Waals surface area contributed by atoms with E-state index in [1.165, 1.54) is 0 Å². The SMILES string of the molecule is CCN1CCN(c2ccc(CNC(=NC)NCc3ccnn3C)cn2)CC1.I. The van der Waals surface area contributed by atoms with Crippen molar-refractivity contribution >= 4 is 35.8 Å². The second-order valence-corrected chi connectivity index (χ2v) is 6.67. The molecule has 0 aromatic carbocycles. The van der Waals surface area contributed by atoms with Crippen molar-refractivity contribution < 1.29 is 0 Å². The molecule has 3 heterocycles. The average Bonchev–Trinajstić information content (AvgIpc) is 3.13. The molecule has 0 bridgehead atoms. The normalized spacial score (nSPS) is 15.2. The van der Waals surface area contributed by atoms with Crippen molar-refractivity contribution in [3.8, 4) is 0 Å². The Bertz CT molecular complexity index is 735. The van der Waals surface area contributed by atoms with E-state index in [4.69, 9.17) is 0 Å². The minimum Gasteiger partial charge on any atom is -0.354 e. The molecule has 154 valence electrons. The van der Waals surface area contributed by atoms with Crippen LogP contribution in [0.3, 0.4) is 0 Å². The van der Waals surface area contributed by atoms with E-state index >= 15 is 0 Å². The van der Waals surface area contributed by atoms with Crippen molar-refractivity contribution in [2.45, 2.75) is 20.0 Å². The molecule has 1 aliphatic heterocycles. The molecule has 2 aromatic rings. The van der Waals surface area contributed by atoms with Gasteiger partial charge in [-0.2, -0.15) is 5.10 Å². The van der Waals surface area contributed by atoms with Crippen molar-refractivity contribution in [3.05, 3.63) is 41.9 Å². The highest BCUT2D eigenvalue weighted by molar-refractivity contribution is 14.0. The van der Waals surface area contributed by atoms with Crippen LogP contribution in [0.4, 0.5) is 5.82 Å². The third-order valence-electron chi connectivity index (χ3n) is 5.00. The van der Waals surface area contributed by atoms with Crippen LogP contribution in [-0.4, -0.2) is 65.4 Å². The fraction of sp³-hybridized carbons (Fsp3) is 0.526. The van der Waals surface area contributed by atoms with E-state index in [1.54, 1.807) is 13.2 Å². The monoisotopic (exact) mass is 498 g/mol. The summed E-state index contributed by atoms with van der Waals surface area (Å²) in [5, 5.41) is 10.8. The lowest BCUT2D eigenvalue weighted by molar-refractivity contribution is 0.270. The zero-order chi connectivity index (χ0) is 19.1. The number of halogens is 1. The Balaban J connectivity index is 0.00000280. The molecule has 1 fully saturated rings. The van der Waals surface area contributed by atoms with E-state index in [9.17, 15) is 0 Å². The maximum atomic E-state index is 4.65. The van der Waals surface area contributed by atoms with E-state index in [-0.39, 0.29) is 24.0 Å². The number of pyridine rings is 1. The summed E-state index contributed by atoms with van der Waals surface area (Å²) in [6, 6.07) is 6.24. The Hall–Kier alpha value is -1.88. The number of nitrogens with one attached hydrogen (secondary N) is 2. The molecule has 0 aliphatic carbocycles. The number of aliphatic imine (C=N–C) groups is 1. The van der Waals surface area contributed by atoms with Crippen LogP contribution in [0.15, 0.2) is 35.6 Å². The van der Waals surface area contributed by atoms with E-state index in [1.807, 2.05) is 24.0 Å². The molecule has 0 atom stereocenters.